The van der Waals surface area contributed by atoms with Crippen LogP contribution in [0.4, 0.5) is 5.69 Å². The molecule has 1 spiro atoms. The van der Waals surface area contributed by atoms with Crippen molar-refractivity contribution in [2.24, 2.45) is 17.8 Å². The molecule has 5 rings (SSSR count). The first-order valence-electron chi connectivity index (χ1n) is 14.5. The van der Waals surface area contributed by atoms with Gasteiger partial charge in [0.1, 0.15) is 0 Å². The number of hydrogen-bond donors (Lipinski definition) is 2. The lowest BCUT2D eigenvalue weighted by Gasteiger charge is -2.51. The van der Waals surface area contributed by atoms with E-state index in [-0.39, 0.29) is 5.41 Å². The Bertz CT molecular complexity index is 1190. The number of allylic oxidation sites excluding steroid dienone is 1. The van der Waals surface area contributed by atoms with E-state index >= 15 is 0 Å². The van der Waals surface area contributed by atoms with Crippen molar-refractivity contribution in [3.63, 3.8) is 0 Å². The summed E-state index contributed by atoms with van der Waals surface area (Å²) >= 11 is 6.44. The number of nitrogens with one attached hydrogen (secondary N) is 2. The summed E-state index contributed by atoms with van der Waals surface area (Å²) in [5.41, 5.74) is 8.14. The van der Waals surface area contributed by atoms with E-state index in [0.29, 0.717) is 12.6 Å². The molecule has 202 valence electrons. The first-order valence-corrected chi connectivity index (χ1v) is 14.9. The number of aryl methyl sites for hydroxylation is 1. The Morgan fingerprint density at radius 2 is 2.05 bits per heavy atom. The molecule has 38 heavy (non-hydrogen) atoms. The van der Waals surface area contributed by atoms with Crippen LogP contribution >= 0.6 is 11.6 Å². The number of anilines is 1. The van der Waals surface area contributed by atoms with Crippen LogP contribution in [-0.4, -0.2) is 26.3 Å². The molecule has 0 saturated heterocycles. The van der Waals surface area contributed by atoms with Crippen LogP contribution in [0.3, 0.4) is 0 Å². The van der Waals surface area contributed by atoms with Crippen molar-refractivity contribution in [2.75, 3.05) is 31.2 Å². The van der Waals surface area contributed by atoms with Gasteiger partial charge in [-0.1, -0.05) is 55.5 Å². The summed E-state index contributed by atoms with van der Waals surface area (Å²) < 4.78 is 0. The quantitative estimate of drug-likeness (QED) is 0.179. The molecule has 0 bridgehead atoms. The third-order valence-electron chi connectivity index (χ3n) is 9.47. The highest BCUT2D eigenvalue weighted by Gasteiger charge is 2.44. The van der Waals surface area contributed by atoms with Crippen LogP contribution in [0.1, 0.15) is 61.3 Å². The SMILES string of the molecule is C=CCCNCNC(=C)c1ccc2c(c1)N(CC1CCC1C(C)C=C)CC1(CCCc3cc(Cl)ccc31)C2. The Labute approximate surface area is 235 Å². The molecule has 0 radical (unpaired) electrons. The maximum absolute atomic E-state index is 6.44. The summed E-state index contributed by atoms with van der Waals surface area (Å²) in [6, 6.07) is 13.6. The van der Waals surface area contributed by atoms with Gasteiger partial charge in [-0.25, -0.2) is 0 Å². The van der Waals surface area contributed by atoms with E-state index in [2.05, 4.69) is 84.7 Å². The first kappa shape index (κ1) is 27.1. The van der Waals surface area contributed by atoms with Crippen LogP contribution in [0.15, 0.2) is 68.3 Å². The molecule has 2 aromatic rings. The Morgan fingerprint density at radius 3 is 2.82 bits per heavy atom. The highest BCUT2D eigenvalue weighted by molar-refractivity contribution is 6.30. The maximum atomic E-state index is 6.44. The van der Waals surface area contributed by atoms with E-state index in [4.69, 9.17) is 11.6 Å². The van der Waals surface area contributed by atoms with Crippen LogP contribution in [0, 0.1) is 17.8 Å². The smallest absolute Gasteiger partial charge is 0.0653 e. The predicted molar refractivity (Wildman–Crippen MR) is 164 cm³/mol. The Morgan fingerprint density at radius 1 is 1.18 bits per heavy atom. The normalized spacial score (nSPS) is 24.6. The van der Waals surface area contributed by atoms with Crippen molar-refractivity contribution < 1.29 is 0 Å². The van der Waals surface area contributed by atoms with Crippen molar-refractivity contribution >= 4 is 23.0 Å². The molecule has 4 atom stereocenters. The first-order chi connectivity index (χ1) is 18.4. The molecule has 1 aliphatic heterocycles. The number of fused-ring (bicyclic) bond motifs is 3. The summed E-state index contributed by atoms with van der Waals surface area (Å²) in [5.74, 6) is 2.04. The molecule has 0 amide bonds. The average Bonchev–Trinajstić information content (AvgIpc) is 2.90. The number of benzene rings is 2. The molecule has 4 heteroatoms. The summed E-state index contributed by atoms with van der Waals surface area (Å²) in [5, 5.41) is 7.73. The lowest BCUT2D eigenvalue weighted by atomic mass is 9.63. The van der Waals surface area contributed by atoms with Crippen LogP contribution in [-0.2, 0) is 18.3 Å². The van der Waals surface area contributed by atoms with E-state index in [1.54, 1.807) is 0 Å². The minimum Gasteiger partial charge on any atom is -0.372 e. The molecular formula is C34H44ClN3. The molecule has 2 aromatic carbocycles. The fraction of sp³-hybridized carbons (Fsp3) is 0.471. The number of halogens is 1. The molecule has 1 saturated carbocycles. The highest BCUT2D eigenvalue weighted by Crippen LogP contribution is 2.48. The zero-order chi connectivity index (χ0) is 26.7. The molecule has 3 nitrogen and oxygen atoms in total. The number of nitrogens with zero attached hydrogens (tertiary/aromatic N) is 1. The Hall–Kier alpha value is -2.49. The Balaban J connectivity index is 1.44. The summed E-state index contributed by atoms with van der Waals surface area (Å²) in [6.07, 6.45) is 12.4. The van der Waals surface area contributed by atoms with Crippen LogP contribution < -0.4 is 15.5 Å². The largest absolute Gasteiger partial charge is 0.372 e. The van der Waals surface area contributed by atoms with Gasteiger partial charge in [0.25, 0.3) is 0 Å². The third kappa shape index (κ3) is 5.46. The Kier molecular flexibility index (Phi) is 8.35. The van der Waals surface area contributed by atoms with Gasteiger partial charge in [-0.3, -0.25) is 5.32 Å². The monoisotopic (exact) mass is 529 g/mol. The van der Waals surface area contributed by atoms with Crippen molar-refractivity contribution in [3.8, 4) is 0 Å². The predicted octanol–water partition coefficient (Wildman–Crippen LogP) is 7.51. The average molecular weight is 530 g/mol. The van der Waals surface area contributed by atoms with Crippen LogP contribution in [0.25, 0.3) is 5.70 Å². The summed E-state index contributed by atoms with van der Waals surface area (Å²) in [6.45, 7) is 18.4. The van der Waals surface area contributed by atoms with Crippen LogP contribution in [0.2, 0.25) is 5.02 Å². The minimum atomic E-state index is 0.153. The molecule has 2 N–H and O–H groups in total. The fourth-order valence-corrected chi connectivity index (χ4v) is 7.35. The van der Waals surface area contributed by atoms with E-state index < -0.39 is 0 Å². The van der Waals surface area contributed by atoms with Gasteiger partial charge < -0.3 is 10.2 Å². The molecule has 2 aliphatic carbocycles. The van der Waals surface area contributed by atoms with E-state index in [0.717, 1.165) is 61.5 Å². The second kappa shape index (κ2) is 11.7. The maximum Gasteiger partial charge on any atom is 0.0653 e. The van der Waals surface area contributed by atoms with Gasteiger partial charge in [-0.2, -0.15) is 0 Å². The van der Waals surface area contributed by atoms with Gasteiger partial charge in [-0.05, 0) is 103 Å². The standard InChI is InChI=1S/C34H44ClN3/c1-5-7-17-36-23-37-25(4)26-10-11-28-20-34(16-8-9-27-18-30(35)13-15-32(27)34)22-38(33(28)19-26)21-29-12-14-31(29)24(3)6-2/h5-6,10-11,13,15,18-19,24,29,31,36-37H,1-2,4,7-9,12,14,16-17,20-23H2,3H3. The summed E-state index contributed by atoms with van der Waals surface area (Å²) in [4.78, 5) is 2.73. The van der Waals surface area contributed by atoms with Gasteiger partial charge in [0.2, 0.25) is 0 Å². The van der Waals surface area contributed by atoms with E-state index in [1.807, 2.05) is 6.08 Å². The van der Waals surface area contributed by atoms with Crippen LogP contribution in [0.5, 0.6) is 0 Å². The molecule has 0 aromatic heterocycles. The third-order valence-corrected chi connectivity index (χ3v) is 9.70. The van der Waals surface area contributed by atoms with Crippen molar-refractivity contribution in [1.29, 1.82) is 0 Å². The second-order valence-electron chi connectivity index (χ2n) is 11.8. The van der Waals surface area contributed by atoms with Crippen molar-refractivity contribution in [3.05, 3.63) is 95.6 Å². The van der Waals surface area contributed by atoms with Gasteiger partial charge in [0.15, 0.2) is 0 Å². The molecule has 4 unspecified atom stereocenters. The van der Waals surface area contributed by atoms with Gasteiger partial charge in [0, 0.05) is 41.5 Å². The van der Waals surface area contributed by atoms with Gasteiger partial charge >= 0.3 is 0 Å². The highest BCUT2D eigenvalue weighted by atomic mass is 35.5. The lowest BCUT2D eigenvalue weighted by molar-refractivity contribution is 0.137. The van der Waals surface area contributed by atoms with Crippen molar-refractivity contribution in [2.45, 2.75) is 57.3 Å². The number of rotatable bonds is 11. The summed E-state index contributed by atoms with van der Waals surface area (Å²) in [7, 11) is 0. The second-order valence-corrected chi connectivity index (χ2v) is 12.3. The minimum absolute atomic E-state index is 0.153. The van der Waals surface area contributed by atoms with Crippen molar-refractivity contribution in [1.82, 2.24) is 10.6 Å². The number of hydrogen-bond acceptors (Lipinski definition) is 3. The van der Waals surface area contributed by atoms with Gasteiger partial charge in [0.05, 0.1) is 6.67 Å². The van der Waals surface area contributed by atoms with E-state index in [9.17, 15) is 0 Å². The van der Waals surface area contributed by atoms with E-state index in [1.165, 1.54) is 53.6 Å². The lowest BCUT2D eigenvalue weighted by Crippen LogP contribution is -2.51. The zero-order valence-corrected chi connectivity index (χ0v) is 23.8. The molecule has 1 fully saturated rings. The zero-order valence-electron chi connectivity index (χ0n) is 23.1. The molecule has 3 aliphatic rings. The van der Waals surface area contributed by atoms with Gasteiger partial charge in [-0.15, -0.1) is 13.2 Å². The molecule has 1 heterocycles. The molecular weight excluding hydrogens is 486 g/mol. The fourth-order valence-electron chi connectivity index (χ4n) is 7.15. The topological polar surface area (TPSA) is 27.3 Å².